The molecule has 1 aromatic heterocycles. The monoisotopic (exact) mass is 286 g/mol. The molecule has 1 saturated heterocycles. The van der Waals surface area contributed by atoms with Gasteiger partial charge in [-0.05, 0) is 37.9 Å². The first-order valence-electron chi connectivity index (χ1n) is 7.51. The van der Waals surface area contributed by atoms with Crippen molar-refractivity contribution in [2.45, 2.75) is 38.8 Å². The Hall–Kier alpha value is -1.93. The molecule has 5 nitrogen and oxygen atoms in total. The smallest absolute Gasteiger partial charge is 0.237 e. The molecule has 0 radical (unpaired) electrons. The van der Waals surface area contributed by atoms with Crippen LogP contribution in [-0.2, 0) is 11.3 Å². The fourth-order valence-corrected chi connectivity index (χ4v) is 2.62. The van der Waals surface area contributed by atoms with Crippen molar-refractivity contribution in [1.82, 2.24) is 15.2 Å². The summed E-state index contributed by atoms with van der Waals surface area (Å²) in [5, 5.41) is 11.7. The van der Waals surface area contributed by atoms with Gasteiger partial charge in [-0.15, -0.1) is 0 Å². The second-order valence-corrected chi connectivity index (χ2v) is 5.62. The zero-order valence-corrected chi connectivity index (χ0v) is 12.5. The van der Waals surface area contributed by atoms with Crippen LogP contribution >= 0.6 is 0 Å². The van der Waals surface area contributed by atoms with Gasteiger partial charge in [0.05, 0.1) is 18.0 Å². The predicted molar refractivity (Wildman–Crippen MR) is 80.1 cm³/mol. The maximum absolute atomic E-state index is 12.3. The summed E-state index contributed by atoms with van der Waals surface area (Å²) >= 11 is 0. The van der Waals surface area contributed by atoms with E-state index in [2.05, 4.69) is 21.3 Å². The van der Waals surface area contributed by atoms with Gasteiger partial charge in [0.25, 0.3) is 0 Å². The summed E-state index contributed by atoms with van der Waals surface area (Å²) in [5.74, 6) is -0.106. The van der Waals surface area contributed by atoms with Gasteiger partial charge in [0.1, 0.15) is 0 Å². The summed E-state index contributed by atoms with van der Waals surface area (Å²) < 4.78 is 0. The van der Waals surface area contributed by atoms with E-state index >= 15 is 0 Å². The predicted octanol–water partition coefficient (Wildman–Crippen LogP) is 1.71. The number of nitrogens with zero attached hydrogens (tertiary/aromatic N) is 3. The van der Waals surface area contributed by atoms with Crippen molar-refractivity contribution in [2.75, 3.05) is 13.1 Å². The average Bonchev–Trinajstić information content (AvgIpc) is 2.53. The van der Waals surface area contributed by atoms with Gasteiger partial charge in [-0.25, -0.2) is 0 Å². The lowest BCUT2D eigenvalue weighted by Gasteiger charge is -2.34. The molecule has 1 aromatic rings. The van der Waals surface area contributed by atoms with Gasteiger partial charge in [0.2, 0.25) is 5.91 Å². The standard InChI is InChI=1S/C16H22N4O/c1-13(9-17)10-19-16(21)15-6-2-3-8-20(15)12-14-5-4-7-18-11-14/h4-5,7,11,13,15H,2-3,6,8,10,12H2,1H3,(H,19,21)/t13-,15+/m1/s1. The third-order valence-corrected chi connectivity index (χ3v) is 3.83. The summed E-state index contributed by atoms with van der Waals surface area (Å²) in [6, 6.07) is 6.00. The topological polar surface area (TPSA) is 69.0 Å². The fraction of sp³-hybridized carbons (Fsp3) is 0.562. The van der Waals surface area contributed by atoms with Crippen LogP contribution in [0.5, 0.6) is 0 Å². The largest absolute Gasteiger partial charge is 0.353 e. The number of amides is 1. The van der Waals surface area contributed by atoms with Crippen LogP contribution in [0.25, 0.3) is 0 Å². The number of rotatable bonds is 5. The third kappa shape index (κ3) is 4.54. The van der Waals surface area contributed by atoms with Crippen LogP contribution in [0, 0.1) is 17.2 Å². The van der Waals surface area contributed by atoms with Crippen LogP contribution in [0.15, 0.2) is 24.5 Å². The zero-order chi connectivity index (χ0) is 15.1. The number of aromatic nitrogens is 1. The Labute approximate surface area is 126 Å². The molecule has 21 heavy (non-hydrogen) atoms. The molecule has 5 heteroatoms. The van der Waals surface area contributed by atoms with E-state index in [-0.39, 0.29) is 17.9 Å². The molecular formula is C16H22N4O. The number of piperidine rings is 1. The van der Waals surface area contributed by atoms with Gasteiger partial charge in [0, 0.05) is 25.5 Å². The number of carbonyl (C=O) groups is 1. The van der Waals surface area contributed by atoms with Crippen molar-refractivity contribution in [3.05, 3.63) is 30.1 Å². The van der Waals surface area contributed by atoms with Crippen molar-refractivity contribution in [1.29, 1.82) is 5.26 Å². The second kappa shape index (κ2) is 7.75. The minimum Gasteiger partial charge on any atom is -0.353 e. The minimum atomic E-state index is -0.149. The van der Waals surface area contributed by atoms with Gasteiger partial charge < -0.3 is 5.32 Å². The quantitative estimate of drug-likeness (QED) is 0.894. The number of likely N-dealkylation sites (tertiary alicyclic amines) is 1. The molecule has 2 atom stereocenters. The number of hydrogen-bond donors (Lipinski definition) is 1. The van der Waals surface area contributed by atoms with Crippen LogP contribution < -0.4 is 5.32 Å². The number of carbonyl (C=O) groups excluding carboxylic acids is 1. The first kappa shape index (κ1) is 15.5. The molecule has 2 heterocycles. The second-order valence-electron chi connectivity index (χ2n) is 5.62. The lowest BCUT2D eigenvalue weighted by Crippen LogP contribution is -2.49. The number of pyridine rings is 1. The SMILES string of the molecule is C[C@H](C#N)CNC(=O)[C@@H]1CCCCN1Cc1cccnc1. The maximum Gasteiger partial charge on any atom is 0.237 e. The highest BCUT2D eigenvalue weighted by Crippen LogP contribution is 2.19. The van der Waals surface area contributed by atoms with Gasteiger partial charge in [-0.3, -0.25) is 14.7 Å². The van der Waals surface area contributed by atoms with Crippen LogP contribution in [0.3, 0.4) is 0 Å². The summed E-state index contributed by atoms with van der Waals surface area (Å²) in [6.45, 7) is 3.92. The van der Waals surface area contributed by atoms with Crippen LogP contribution in [-0.4, -0.2) is 34.9 Å². The Morgan fingerprint density at radius 1 is 1.62 bits per heavy atom. The summed E-state index contributed by atoms with van der Waals surface area (Å²) in [7, 11) is 0. The first-order chi connectivity index (χ1) is 10.2. The number of nitriles is 1. The molecule has 0 spiro atoms. The molecule has 1 N–H and O–H groups in total. The third-order valence-electron chi connectivity index (χ3n) is 3.83. The minimum absolute atomic E-state index is 0.0423. The van der Waals surface area contributed by atoms with Crippen LogP contribution in [0.1, 0.15) is 31.7 Å². The molecule has 0 unspecified atom stereocenters. The highest BCUT2D eigenvalue weighted by molar-refractivity contribution is 5.81. The number of nitrogens with one attached hydrogen (secondary N) is 1. The Bertz CT molecular complexity index is 497. The molecular weight excluding hydrogens is 264 g/mol. The van der Waals surface area contributed by atoms with Gasteiger partial charge in [-0.2, -0.15) is 5.26 Å². The normalized spacial score (nSPS) is 20.5. The van der Waals surface area contributed by atoms with E-state index in [0.29, 0.717) is 6.54 Å². The number of hydrogen-bond acceptors (Lipinski definition) is 4. The van der Waals surface area contributed by atoms with Crippen LogP contribution in [0.4, 0.5) is 0 Å². The molecule has 0 aliphatic carbocycles. The Morgan fingerprint density at radius 3 is 3.19 bits per heavy atom. The maximum atomic E-state index is 12.3. The van der Waals surface area contributed by atoms with Crippen molar-refractivity contribution in [2.24, 2.45) is 5.92 Å². The highest BCUT2D eigenvalue weighted by Gasteiger charge is 2.28. The summed E-state index contributed by atoms with van der Waals surface area (Å²) in [5.41, 5.74) is 1.13. The van der Waals surface area contributed by atoms with E-state index in [0.717, 1.165) is 37.9 Å². The van der Waals surface area contributed by atoms with Gasteiger partial charge in [0.15, 0.2) is 0 Å². The average molecular weight is 286 g/mol. The molecule has 1 aliphatic heterocycles. The van der Waals surface area contributed by atoms with Crippen LogP contribution in [0.2, 0.25) is 0 Å². The molecule has 112 valence electrons. The molecule has 0 bridgehead atoms. The molecule has 1 fully saturated rings. The lowest BCUT2D eigenvalue weighted by molar-refractivity contribution is -0.128. The molecule has 1 aliphatic rings. The van der Waals surface area contributed by atoms with Crippen molar-refractivity contribution in [3.8, 4) is 6.07 Å². The van der Waals surface area contributed by atoms with Gasteiger partial charge >= 0.3 is 0 Å². The first-order valence-corrected chi connectivity index (χ1v) is 7.51. The van der Waals surface area contributed by atoms with E-state index in [1.54, 1.807) is 6.20 Å². The summed E-state index contributed by atoms with van der Waals surface area (Å²) in [4.78, 5) is 18.7. The molecule has 0 saturated carbocycles. The Kier molecular flexibility index (Phi) is 5.70. The van der Waals surface area contributed by atoms with E-state index in [1.807, 2.05) is 25.3 Å². The van der Waals surface area contributed by atoms with E-state index in [4.69, 9.17) is 5.26 Å². The van der Waals surface area contributed by atoms with Crippen molar-refractivity contribution < 1.29 is 4.79 Å². The Balaban J connectivity index is 1.95. The van der Waals surface area contributed by atoms with Crippen molar-refractivity contribution >= 4 is 5.91 Å². The molecule has 1 amide bonds. The van der Waals surface area contributed by atoms with Gasteiger partial charge in [-0.1, -0.05) is 12.5 Å². The Morgan fingerprint density at radius 2 is 2.48 bits per heavy atom. The van der Waals surface area contributed by atoms with E-state index in [9.17, 15) is 4.79 Å². The fourth-order valence-electron chi connectivity index (χ4n) is 2.62. The summed E-state index contributed by atoms with van der Waals surface area (Å²) in [6.07, 6.45) is 6.69. The lowest BCUT2D eigenvalue weighted by atomic mass is 10.0. The zero-order valence-electron chi connectivity index (χ0n) is 12.5. The van der Waals surface area contributed by atoms with E-state index in [1.165, 1.54) is 0 Å². The van der Waals surface area contributed by atoms with E-state index < -0.39 is 0 Å². The van der Waals surface area contributed by atoms with Crippen molar-refractivity contribution in [3.63, 3.8) is 0 Å². The molecule has 0 aromatic carbocycles. The molecule has 2 rings (SSSR count). The highest BCUT2D eigenvalue weighted by atomic mass is 16.2.